The molecule has 10 aromatic rings. The molecule has 0 saturated heterocycles. The van der Waals surface area contributed by atoms with E-state index in [0.29, 0.717) is 0 Å². The second-order valence-electron chi connectivity index (χ2n) is 14.8. The molecule has 0 radical (unpaired) electrons. The maximum atomic E-state index is 5.24. The first-order valence-electron chi connectivity index (χ1n) is 19.5. The van der Waals surface area contributed by atoms with E-state index in [2.05, 4.69) is 168 Å². The monoisotopic (exact) mass is 766 g/mol. The number of para-hydroxylation sites is 1. The predicted molar refractivity (Wildman–Crippen MR) is 244 cm³/mol. The summed E-state index contributed by atoms with van der Waals surface area (Å²) in [6.07, 6.45) is 6.57. The van der Waals surface area contributed by atoms with Crippen LogP contribution < -0.4 is 5.32 Å². The van der Waals surface area contributed by atoms with Crippen LogP contribution >= 0.6 is 22.7 Å². The van der Waals surface area contributed by atoms with Gasteiger partial charge in [-0.2, -0.15) is 0 Å². The number of hydrogen-bond donors (Lipinski definition) is 1. The van der Waals surface area contributed by atoms with E-state index in [-0.39, 0.29) is 6.17 Å². The molecule has 1 atom stereocenters. The Labute approximate surface area is 337 Å². The summed E-state index contributed by atoms with van der Waals surface area (Å²) in [7, 11) is 0. The Morgan fingerprint density at radius 3 is 2.21 bits per heavy atom. The Morgan fingerprint density at radius 1 is 0.596 bits per heavy atom. The molecule has 1 N–H and O–H groups in total. The topological polar surface area (TPSA) is 41.7 Å². The van der Waals surface area contributed by atoms with Gasteiger partial charge in [-0.05, 0) is 71.5 Å². The van der Waals surface area contributed by atoms with Gasteiger partial charge in [-0.25, -0.2) is 9.98 Å². The molecule has 0 bridgehead atoms. The molecule has 0 amide bonds. The molecule has 4 heterocycles. The molecule has 0 saturated carbocycles. The van der Waals surface area contributed by atoms with Crippen molar-refractivity contribution in [3.63, 3.8) is 0 Å². The van der Waals surface area contributed by atoms with Gasteiger partial charge in [0.05, 0.1) is 15.9 Å². The molecule has 6 heteroatoms. The zero-order chi connectivity index (χ0) is 37.5. The van der Waals surface area contributed by atoms with Crippen LogP contribution in [0.5, 0.6) is 0 Å². The number of aliphatic imine (C=N–C) groups is 2. The van der Waals surface area contributed by atoms with E-state index < -0.39 is 0 Å². The fraction of sp³-hybridized carbons (Fsp3) is 0.0588. The molecule has 4 nitrogen and oxygen atoms in total. The van der Waals surface area contributed by atoms with E-state index in [1.807, 2.05) is 34.8 Å². The number of aryl methyl sites for hydroxylation is 1. The molecule has 0 fully saturated rings. The minimum absolute atomic E-state index is 0.250. The number of aromatic nitrogens is 1. The van der Waals surface area contributed by atoms with E-state index in [1.165, 1.54) is 79.3 Å². The van der Waals surface area contributed by atoms with Gasteiger partial charge < -0.3 is 9.88 Å². The summed E-state index contributed by atoms with van der Waals surface area (Å²) < 4.78 is 7.61. The van der Waals surface area contributed by atoms with E-state index in [0.717, 1.165) is 41.2 Å². The summed E-state index contributed by atoms with van der Waals surface area (Å²) in [5.74, 6) is 1.57. The summed E-state index contributed by atoms with van der Waals surface area (Å²) in [4.78, 5) is 10.4. The summed E-state index contributed by atoms with van der Waals surface area (Å²) in [5.41, 5.74) is 11.0. The Morgan fingerprint density at radius 2 is 1.33 bits per heavy atom. The van der Waals surface area contributed by atoms with Gasteiger partial charge in [0.25, 0.3) is 0 Å². The quantitative estimate of drug-likeness (QED) is 0.186. The summed E-state index contributed by atoms with van der Waals surface area (Å²) >= 11 is 3.75. The van der Waals surface area contributed by atoms with E-state index in [4.69, 9.17) is 9.98 Å². The van der Waals surface area contributed by atoms with Gasteiger partial charge in [0, 0.05) is 57.9 Å². The third-order valence-corrected chi connectivity index (χ3v) is 13.9. The summed E-state index contributed by atoms with van der Waals surface area (Å²) in [6.45, 7) is 0. The van der Waals surface area contributed by atoms with Crippen molar-refractivity contribution < 1.29 is 0 Å². The van der Waals surface area contributed by atoms with Gasteiger partial charge in [0.1, 0.15) is 12.0 Å². The third-order valence-electron chi connectivity index (χ3n) is 11.6. The Bertz CT molecular complexity index is 3330. The summed E-state index contributed by atoms with van der Waals surface area (Å²) in [5, 5.41) is 10.0. The van der Waals surface area contributed by atoms with Crippen LogP contribution in [0.15, 0.2) is 174 Å². The minimum Gasteiger partial charge on any atom is -0.344 e. The van der Waals surface area contributed by atoms with E-state index in [1.54, 1.807) is 0 Å². The fourth-order valence-corrected chi connectivity index (χ4v) is 11.4. The Kier molecular flexibility index (Phi) is 7.43. The second kappa shape index (κ2) is 13.0. The van der Waals surface area contributed by atoms with Crippen LogP contribution in [0.2, 0.25) is 0 Å². The molecular weight excluding hydrogens is 733 g/mol. The average Bonchev–Trinajstić information content (AvgIpc) is 3.96. The second-order valence-corrected chi connectivity index (χ2v) is 17.0. The molecule has 270 valence electrons. The average molecular weight is 767 g/mol. The zero-order valence-corrected chi connectivity index (χ0v) is 32.4. The van der Waals surface area contributed by atoms with Crippen LogP contribution in [-0.4, -0.2) is 16.2 Å². The van der Waals surface area contributed by atoms with Crippen LogP contribution in [0, 0.1) is 0 Å². The maximum absolute atomic E-state index is 5.24. The van der Waals surface area contributed by atoms with Crippen LogP contribution in [0.4, 0.5) is 0 Å². The number of fused-ring (bicyclic) bond motifs is 9. The smallest absolute Gasteiger partial charge is 0.160 e. The van der Waals surface area contributed by atoms with Gasteiger partial charge in [0.15, 0.2) is 5.84 Å². The first kappa shape index (κ1) is 32.6. The van der Waals surface area contributed by atoms with Gasteiger partial charge in [-0.15, -0.1) is 22.7 Å². The van der Waals surface area contributed by atoms with Crippen molar-refractivity contribution in [1.82, 2.24) is 9.88 Å². The predicted octanol–water partition coefficient (Wildman–Crippen LogP) is 13.5. The molecule has 3 aromatic heterocycles. The first-order chi connectivity index (χ1) is 28.3. The Hall–Kier alpha value is -6.60. The van der Waals surface area contributed by atoms with Gasteiger partial charge in [0.2, 0.25) is 0 Å². The minimum atomic E-state index is -0.250. The number of allylic oxidation sites excluding steroid dienone is 1. The van der Waals surface area contributed by atoms with Crippen molar-refractivity contribution in [1.29, 1.82) is 0 Å². The number of thiophene rings is 2. The number of hydrogen-bond acceptors (Lipinski definition) is 5. The lowest BCUT2D eigenvalue weighted by Crippen LogP contribution is -2.33. The largest absolute Gasteiger partial charge is 0.344 e. The van der Waals surface area contributed by atoms with Crippen molar-refractivity contribution in [3.8, 4) is 16.8 Å². The SMILES string of the molecule is C1=Cc2c(c3ccccc3n2-c2cccc3c2sc2cccc(-c4ccc5c(c4)sc4cccc(C6=NC(c7ccccc7)NC(c7ccccc7)=N6)c45)c23)CC1. The van der Waals surface area contributed by atoms with Crippen molar-refractivity contribution in [2.24, 2.45) is 9.98 Å². The molecule has 1 aliphatic heterocycles. The number of benzene rings is 7. The van der Waals surface area contributed by atoms with Gasteiger partial charge in [-0.3, -0.25) is 0 Å². The molecular formula is C51H34N4S2. The van der Waals surface area contributed by atoms with Gasteiger partial charge in [-0.1, -0.05) is 133 Å². The highest BCUT2D eigenvalue weighted by Gasteiger charge is 2.24. The lowest BCUT2D eigenvalue weighted by molar-refractivity contribution is 0.674. The molecule has 0 spiro atoms. The van der Waals surface area contributed by atoms with Crippen LogP contribution in [0.1, 0.15) is 40.5 Å². The molecule has 57 heavy (non-hydrogen) atoms. The molecule has 7 aromatic carbocycles. The van der Waals surface area contributed by atoms with Crippen molar-refractivity contribution in [2.75, 3.05) is 0 Å². The number of rotatable bonds is 5. The Balaban J connectivity index is 1.01. The third kappa shape index (κ3) is 5.18. The molecule has 12 rings (SSSR count). The zero-order valence-electron chi connectivity index (χ0n) is 30.8. The van der Waals surface area contributed by atoms with Crippen LogP contribution in [-0.2, 0) is 6.42 Å². The molecule has 2 aliphatic rings. The highest BCUT2D eigenvalue weighted by atomic mass is 32.1. The standard InChI is InChI=1S/C51H34N4S2/c1-3-14-31(15-4-1)49-52-50(32-16-5-2-6-17-32)54-51(53-49)39-22-13-26-43-47(39)37-29-28-33(30-45(37)56-43)34-20-12-27-44-46(34)38-21-11-25-42(48(38)57-44)55-40-23-9-7-18-35(40)36-19-8-10-24-41(36)55/h1-7,9-18,20-30,49H,8,19H2,(H,52,53,54). The normalized spacial score (nSPS) is 15.3. The van der Waals surface area contributed by atoms with E-state index in [9.17, 15) is 0 Å². The van der Waals surface area contributed by atoms with Crippen LogP contribution in [0.3, 0.4) is 0 Å². The highest BCUT2D eigenvalue weighted by Crippen LogP contribution is 2.46. The lowest BCUT2D eigenvalue weighted by Gasteiger charge is -2.24. The highest BCUT2D eigenvalue weighted by molar-refractivity contribution is 7.26. The van der Waals surface area contributed by atoms with Crippen molar-refractivity contribution >= 4 is 91.7 Å². The van der Waals surface area contributed by atoms with Crippen LogP contribution in [0.25, 0.3) is 74.1 Å². The van der Waals surface area contributed by atoms with Gasteiger partial charge >= 0.3 is 0 Å². The lowest BCUT2D eigenvalue weighted by atomic mass is 9.97. The number of nitrogens with zero attached hydrogens (tertiary/aromatic N) is 3. The van der Waals surface area contributed by atoms with Crippen molar-refractivity contribution in [3.05, 3.63) is 192 Å². The maximum Gasteiger partial charge on any atom is 0.160 e. The number of amidine groups is 2. The molecule has 1 unspecified atom stereocenters. The van der Waals surface area contributed by atoms with E-state index >= 15 is 0 Å². The fourth-order valence-electron chi connectivity index (χ4n) is 8.99. The molecule has 1 aliphatic carbocycles. The first-order valence-corrected chi connectivity index (χ1v) is 21.1. The summed E-state index contributed by atoms with van der Waals surface area (Å²) in [6, 6.07) is 56.9. The van der Waals surface area contributed by atoms with Crippen molar-refractivity contribution in [2.45, 2.75) is 19.0 Å². The number of nitrogens with one attached hydrogen (secondary N) is 1.